The van der Waals surface area contributed by atoms with Gasteiger partial charge in [0.1, 0.15) is 0 Å². The second kappa shape index (κ2) is 10.1. The second-order valence-corrected chi connectivity index (χ2v) is 9.87. The summed E-state index contributed by atoms with van der Waals surface area (Å²) in [6, 6.07) is 10.7. The predicted molar refractivity (Wildman–Crippen MR) is 116 cm³/mol. The fourth-order valence-corrected chi connectivity index (χ4v) is 4.68. The molecule has 0 spiro atoms. The van der Waals surface area contributed by atoms with E-state index < -0.39 is 10.0 Å². The Morgan fingerprint density at radius 1 is 1.14 bits per heavy atom. The highest BCUT2D eigenvalue weighted by Gasteiger charge is 2.28. The number of amides is 1. The van der Waals surface area contributed by atoms with Crippen LogP contribution in [0, 0.1) is 12.8 Å². The lowest BCUT2D eigenvalue weighted by Crippen LogP contribution is -2.44. The van der Waals surface area contributed by atoms with E-state index in [9.17, 15) is 13.2 Å². The second-order valence-electron chi connectivity index (χ2n) is 7.93. The topological polar surface area (TPSA) is 62.6 Å². The van der Waals surface area contributed by atoms with E-state index in [-0.39, 0.29) is 23.3 Å². The Balaban J connectivity index is 2.24. The maximum Gasteiger partial charge on any atom is 0.243 e. The minimum atomic E-state index is -3.73. The van der Waals surface area contributed by atoms with Crippen LogP contribution in [0.1, 0.15) is 38.4 Å². The quantitative estimate of drug-likeness (QED) is 0.593. The Kier molecular flexibility index (Phi) is 8.05. The highest BCUT2D eigenvalue weighted by Crippen LogP contribution is 2.18. The van der Waals surface area contributed by atoms with Gasteiger partial charge >= 0.3 is 0 Å². The SMILES string of the molecule is CCCN(CC(=O)N(Cc1cccn1C)CC(C)C)S(=O)(=O)c1ccc(C)cc1. The van der Waals surface area contributed by atoms with Gasteiger partial charge in [-0.3, -0.25) is 4.79 Å². The van der Waals surface area contributed by atoms with Crippen molar-refractivity contribution in [1.82, 2.24) is 13.8 Å². The third-order valence-electron chi connectivity index (χ3n) is 4.79. The molecule has 1 aromatic carbocycles. The van der Waals surface area contributed by atoms with Crippen molar-refractivity contribution in [3.63, 3.8) is 0 Å². The van der Waals surface area contributed by atoms with Gasteiger partial charge in [-0.25, -0.2) is 8.42 Å². The van der Waals surface area contributed by atoms with Gasteiger partial charge in [0.2, 0.25) is 15.9 Å². The van der Waals surface area contributed by atoms with Gasteiger partial charge in [0.15, 0.2) is 0 Å². The third-order valence-corrected chi connectivity index (χ3v) is 6.65. The third kappa shape index (κ3) is 6.18. The van der Waals surface area contributed by atoms with Crippen LogP contribution in [0.25, 0.3) is 0 Å². The zero-order valence-electron chi connectivity index (χ0n) is 18.1. The van der Waals surface area contributed by atoms with Crippen LogP contribution in [0.4, 0.5) is 0 Å². The molecule has 2 aromatic rings. The van der Waals surface area contributed by atoms with E-state index in [0.29, 0.717) is 26.1 Å². The Hall–Kier alpha value is -2.12. The summed E-state index contributed by atoms with van der Waals surface area (Å²) in [4.78, 5) is 15.1. The van der Waals surface area contributed by atoms with Gasteiger partial charge in [-0.15, -0.1) is 0 Å². The Morgan fingerprint density at radius 2 is 1.79 bits per heavy atom. The van der Waals surface area contributed by atoms with E-state index in [2.05, 4.69) is 13.8 Å². The molecule has 0 aliphatic heterocycles. The number of sulfonamides is 1. The van der Waals surface area contributed by atoms with E-state index >= 15 is 0 Å². The molecule has 0 aliphatic carbocycles. The van der Waals surface area contributed by atoms with Crippen LogP contribution in [0.3, 0.4) is 0 Å². The number of hydrogen-bond acceptors (Lipinski definition) is 3. The molecule has 6 nitrogen and oxygen atoms in total. The smallest absolute Gasteiger partial charge is 0.243 e. The fraction of sp³-hybridized carbons (Fsp3) is 0.500. The molecule has 0 atom stereocenters. The molecule has 160 valence electrons. The maximum absolute atomic E-state index is 13.1. The van der Waals surface area contributed by atoms with Crippen molar-refractivity contribution in [2.24, 2.45) is 13.0 Å². The first-order valence-corrected chi connectivity index (χ1v) is 11.5. The highest BCUT2D eigenvalue weighted by atomic mass is 32.2. The van der Waals surface area contributed by atoms with Crippen molar-refractivity contribution in [1.29, 1.82) is 0 Å². The van der Waals surface area contributed by atoms with Crippen LogP contribution in [-0.2, 0) is 28.4 Å². The molecule has 1 heterocycles. The summed E-state index contributed by atoms with van der Waals surface area (Å²) in [5.41, 5.74) is 2.01. The van der Waals surface area contributed by atoms with Gasteiger partial charge in [-0.1, -0.05) is 38.5 Å². The molecule has 1 amide bonds. The summed E-state index contributed by atoms with van der Waals surface area (Å²) >= 11 is 0. The molecule has 1 aromatic heterocycles. The number of hydrogen-bond donors (Lipinski definition) is 0. The zero-order chi connectivity index (χ0) is 21.6. The average molecular weight is 420 g/mol. The predicted octanol–water partition coefficient (Wildman–Crippen LogP) is 3.42. The molecular weight excluding hydrogens is 386 g/mol. The van der Waals surface area contributed by atoms with Crippen LogP contribution in [0.15, 0.2) is 47.5 Å². The number of nitrogens with zero attached hydrogens (tertiary/aromatic N) is 3. The number of aromatic nitrogens is 1. The molecule has 7 heteroatoms. The van der Waals surface area contributed by atoms with Crippen LogP contribution in [0.5, 0.6) is 0 Å². The van der Waals surface area contributed by atoms with E-state index in [4.69, 9.17) is 0 Å². The number of carbonyl (C=O) groups excluding carboxylic acids is 1. The van der Waals surface area contributed by atoms with E-state index in [0.717, 1.165) is 11.3 Å². The number of rotatable bonds is 10. The molecule has 0 aliphatic rings. The van der Waals surface area contributed by atoms with Gasteiger partial charge in [0.05, 0.1) is 18.0 Å². The summed E-state index contributed by atoms with van der Waals surface area (Å²) in [6.07, 6.45) is 2.58. The highest BCUT2D eigenvalue weighted by molar-refractivity contribution is 7.89. The summed E-state index contributed by atoms with van der Waals surface area (Å²) in [5.74, 6) is 0.108. The first kappa shape index (κ1) is 23.2. The van der Waals surface area contributed by atoms with Gasteiger partial charge < -0.3 is 9.47 Å². The van der Waals surface area contributed by atoms with Gasteiger partial charge in [0, 0.05) is 32.0 Å². The van der Waals surface area contributed by atoms with Crippen LogP contribution < -0.4 is 0 Å². The Bertz CT molecular complexity index is 902. The molecule has 0 N–H and O–H groups in total. The standard InChI is InChI=1S/C22H33N3O3S/c1-6-13-25(29(27,28)21-11-9-19(4)10-12-21)17-22(26)24(15-18(2)3)16-20-8-7-14-23(20)5/h7-12,14,18H,6,13,15-17H2,1-5H3. The van der Waals surface area contributed by atoms with E-state index in [1.54, 1.807) is 29.2 Å². The van der Waals surface area contributed by atoms with Crippen molar-refractivity contribution in [2.45, 2.75) is 45.6 Å². The number of aryl methyl sites for hydroxylation is 2. The van der Waals surface area contributed by atoms with Crippen molar-refractivity contribution in [3.8, 4) is 0 Å². The largest absolute Gasteiger partial charge is 0.353 e. The molecule has 0 radical (unpaired) electrons. The van der Waals surface area contributed by atoms with Gasteiger partial charge in [-0.05, 0) is 43.5 Å². The maximum atomic E-state index is 13.1. The molecular formula is C22H33N3O3S. The molecule has 0 saturated heterocycles. The van der Waals surface area contributed by atoms with Crippen LogP contribution >= 0.6 is 0 Å². The summed E-state index contributed by atoms with van der Waals surface area (Å²) < 4.78 is 29.6. The minimum absolute atomic E-state index is 0.152. The summed E-state index contributed by atoms with van der Waals surface area (Å²) in [6.45, 7) is 9.13. The van der Waals surface area contributed by atoms with Gasteiger partial charge in [-0.2, -0.15) is 4.31 Å². The van der Waals surface area contributed by atoms with Crippen molar-refractivity contribution < 1.29 is 13.2 Å². The summed E-state index contributed by atoms with van der Waals surface area (Å²) in [5, 5.41) is 0. The van der Waals surface area contributed by atoms with Crippen molar-refractivity contribution in [2.75, 3.05) is 19.6 Å². The van der Waals surface area contributed by atoms with Gasteiger partial charge in [0.25, 0.3) is 0 Å². The van der Waals surface area contributed by atoms with Crippen molar-refractivity contribution >= 4 is 15.9 Å². The monoisotopic (exact) mass is 419 g/mol. The van der Waals surface area contributed by atoms with Crippen LogP contribution in [-0.4, -0.2) is 47.7 Å². The first-order chi connectivity index (χ1) is 13.6. The van der Waals surface area contributed by atoms with Crippen molar-refractivity contribution in [3.05, 3.63) is 53.9 Å². The zero-order valence-corrected chi connectivity index (χ0v) is 18.9. The first-order valence-electron chi connectivity index (χ1n) is 10.1. The number of carbonyl (C=O) groups is 1. The minimum Gasteiger partial charge on any atom is -0.353 e. The summed E-state index contributed by atoms with van der Waals surface area (Å²) in [7, 11) is -1.78. The fourth-order valence-electron chi connectivity index (χ4n) is 3.20. The lowest BCUT2D eigenvalue weighted by molar-refractivity contribution is -0.132. The molecule has 0 unspecified atom stereocenters. The lowest BCUT2D eigenvalue weighted by atomic mass is 10.2. The Labute approximate surface area is 175 Å². The molecule has 0 saturated carbocycles. The Morgan fingerprint density at radius 3 is 2.31 bits per heavy atom. The molecule has 2 rings (SSSR count). The molecule has 0 fully saturated rings. The number of benzene rings is 1. The van der Waals surface area contributed by atoms with Crippen LogP contribution in [0.2, 0.25) is 0 Å². The molecule has 29 heavy (non-hydrogen) atoms. The van der Waals surface area contributed by atoms with E-state index in [1.807, 2.05) is 43.8 Å². The van der Waals surface area contributed by atoms with E-state index in [1.165, 1.54) is 4.31 Å². The lowest BCUT2D eigenvalue weighted by Gasteiger charge is -2.28. The molecule has 0 bridgehead atoms. The normalized spacial score (nSPS) is 12.0. The average Bonchev–Trinajstić information content (AvgIpc) is 3.05.